The maximum atomic E-state index is 11.8. The Labute approximate surface area is 100 Å². The zero-order valence-electron chi connectivity index (χ0n) is 10.2. The van der Waals surface area contributed by atoms with Gasteiger partial charge in [-0.05, 0) is 24.7 Å². The van der Waals surface area contributed by atoms with Gasteiger partial charge in [0.2, 0.25) is 0 Å². The molecule has 0 aliphatic rings. The molecule has 0 amide bonds. The average molecular weight is 231 g/mol. The number of benzene rings is 1. The normalized spacial score (nSPS) is 10.9. The molecule has 0 fully saturated rings. The number of fused-ring (bicyclic) bond motifs is 1. The quantitative estimate of drug-likeness (QED) is 0.773. The van der Waals surface area contributed by atoms with Crippen molar-refractivity contribution in [2.24, 2.45) is 0 Å². The minimum atomic E-state index is 0.112. The summed E-state index contributed by atoms with van der Waals surface area (Å²) >= 11 is 0. The molecule has 1 heterocycles. The summed E-state index contributed by atoms with van der Waals surface area (Å²) in [5, 5.41) is 3.04. The van der Waals surface area contributed by atoms with E-state index in [-0.39, 0.29) is 5.78 Å². The summed E-state index contributed by atoms with van der Waals surface area (Å²) in [6, 6.07) is 5.60. The highest BCUT2D eigenvalue weighted by Crippen LogP contribution is 2.14. The number of likely N-dealkylation sites (N-methyl/N-ethyl adjacent to an activating group) is 1. The summed E-state index contributed by atoms with van der Waals surface area (Å²) < 4.78 is 0. The Morgan fingerprint density at radius 2 is 2.24 bits per heavy atom. The fraction of sp³-hybridized carbons (Fsp3) is 0.385. The van der Waals surface area contributed by atoms with Crippen molar-refractivity contribution in [3.05, 3.63) is 29.6 Å². The molecule has 2 N–H and O–H groups in total. The van der Waals surface area contributed by atoms with Gasteiger partial charge in [0.25, 0.3) is 0 Å². The van der Waals surface area contributed by atoms with Crippen LogP contribution in [-0.4, -0.2) is 28.8 Å². The molecule has 0 bridgehead atoms. The lowest BCUT2D eigenvalue weighted by atomic mass is 10.1. The third-order valence-corrected chi connectivity index (χ3v) is 2.72. The number of hydrogen-bond donors (Lipinski definition) is 2. The number of carbonyl (C=O) groups is 1. The highest BCUT2D eigenvalue weighted by molar-refractivity contribution is 6.00. The number of H-pyrrole nitrogens is 1. The molecule has 0 aliphatic heterocycles. The fourth-order valence-corrected chi connectivity index (χ4v) is 1.74. The lowest BCUT2D eigenvalue weighted by molar-refractivity contribution is 0.0992. The fourth-order valence-electron chi connectivity index (χ4n) is 1.74. The van der Waals surface area contributed by atoms with E-state index in [2.05, 4.69) is 22.2 Å². The van der Waals surface area contributed by atoms with Crippen molar-refractivity contribution in [2.75, 3.05) is 13.1 Å². The standard InChI is InChI=1S/C13H17N3O/c1-3-13-15-10-6-5-9(7-11(10)16-13)12(17)8-14-4-2/h5-7,14H,3-4,8H2,1-2H3,(H,15,16). The zero-order chi connectivity index (χ0) is 12.3. The predicted octanol–water partition coefficient (Wildman–Crippen LogP) is 1.92. The summed E-state index contributed by atoms with van der Waals surface area (Å²) in [5.74, 6) is 1.07. The van der Waals surface area contributed by atoms with Crippen molar-refractivity contribution in [1.82, 2.24) is 15.3 Å². The van der Waals surface area contributed by atoms with Crippen LogP contribution >= 0.6 is 0 Å². The third-order valence-electron chi connectivity index (χ3n) is 2.72. The number of nitrogens with one attached hydrogen (secondary N) is 2. The molecule has 4 heteroatoms. The van der Waals surface area contributed by atoms with Crippen molar-refractivity contribution in [3.8, 4) is 0 Å². The second kappa shape index (κ2) is 5.10. The van der Waals surface area contributed by atoms with E-state index in [1.165, 1.54) is 0 Å². The largest absolute Gasteiger partial charge is 0.342 e. The number of Topliss-reactive ketones (excluding diaryl/α,β-unsaturated/α-hetero) is 1. The van der Waals surface area contributed by atoms with Crippen molar-refractivity contribution >= 4 is 16.8 Å². The molecule has 1 aromatic heterocycles. The molecule has 2 rings (SSSR count). The first kappa shape index (κ1) is 11.8. The maximum Gasteiger partial charge on any atom is 0.176 e. The topological polar surface area (TPSA) is 57.8 Å². The molecule has 0 aliphatic carbocycles. The maximum absolute atomic E-state index is 11.8. The average Bonchev–Trinajstić information content (AvgIpc) is 2.77. The van der Waals surface area contributed by atoms with E-state index < -0.39 is 0 Å². The molecule has 0 radical (unpaired) electrons. The Balaban J connectivity index is 2.27. The number of ketones is 1. The summed E-state index contributed by atoms with van der Waals surface area (Å²) in [5.41, 5.74) is 2.58. The number of aromatic nitrogens is 2. The summed E-state index contributed by atoms with van der Waals surface area (Å²) in [4.78, 5) is 19.5. The molecule has 17 heavy (non-hydrogen) atoms. The lowest BCUT2D eigenvalue weighted by Crippen LogP contribution is -2.22. The number of hydrogen-bond acceptors (Lipinski definition) is 3. The van der Waals surface area contributed by atoms with E-state index in [0.29, 0.717) is 6.54 Å². The number of carbonyl (C=O) groups excluding carboxylic acids is 1. The molecule has 0 atom stereocenters. The smallest absolute Gasteiger partial charge is 0.176 e. The van der Waals surface area contributed by atoms with Gasteiger partial charge in [0, 0.05) is 12.0 Å². The molecule has 90 valence electrons. The highest BCUT2D eigenvalue weighted by Gasteiger charge is 2.07. The van der Waals surface area contributed by atoms with E-state index in [4.69, 9.17) is 0 Å². The van der Waals surface area contributed by atoms with Crippen molar-refractivity contribution in [1.29, 1.82) is 0 Å². The first-order valence-corrected chi connectivity index (χ1v) is 5.97. The number of rotatable bonds is 5. The summed E-state index contributed by atoms with van der Waals surface area (Å²) in [7, 11) is 0. The number of nitrogens with zero attached hydrogens (tertiary/aromatic N) is 1. The van der Waals surface area contributed by atoms with Crippen LogP contribution in [0.3, 0.4) is 0 Å². The lowest BCUT2D eigenvalue weighted by Gasteiger charge is -2.01. The van der Waals surface area contributed by atoms with E-state index in [1.807, 2.05) is 25.1 Å². The second-order valence-corrected chi connectivity index (χ2v) is 3.97. The van der Waals surface area contributed by atoms with Gasteiger partial charge in [-0.15, -0.1) is 0 Å². The van der Waals surface area contributed by atoms with Gasteiger partial charge in [-0.1, -0.05) is 13.8 Å². The number of imidazole rings is 1. The van der Waals surface area contributed by atoms with Crippen LogP contribution < -0.4 is 5.32 Å². The molecule has 0 saturated carbocycles. The molecule has 0 unspecified atom stereocenters. The Kier molecular flexibility index (Phi) is 3.54. The van der Waals surface area contributed by atoms with Crippen LogP contribution in [0.2, 0.25) is 0 Å². The third kappa shape index (κ3) is 2.53. The SMILES string of the molecule is CCNCC(=O)c1ccc2nc(CC)[nH]c2c1. The Hall–Kier alpha value is -1.68. The van der Waals surface area contributed by atoms with Crippen molar-refractivity contribution < 1.29 is 4.79 Å². The van der Waals surface area contributed by atoms with Gasteiger partial charge in [-0.2, -0.15) is 0 Å². The van der Waals surface area contributed by atoms with Crippen LogP contribution in [0.15, 0.2) is 18.2 Å². The van der Waals surface area contributed by atoms with Crippen molar-refractivity contribution in [2.45, 2.75) is 20.3 Å². The zero-order valence-corrected chi connectivity index (χ0v) is 10.2. The minimum absolute atomic E-state index is 0.112. The minimum Gasteiger partial charge on any atom is -0.342 e. The molecule has 0 spiro atoms. The highest BCUT2D eigenvalue weighted by atomic mass is 16.1. The van der Waals surface area contributed by atoms with E-state index in [1.54, 1.807) is 0 Å². The van der Waals surface area contributed by atoms with Crippen molar-refractivity contribution in [3.63, 3.8) is 0 Å². The second-order valence-electron chi connectivity index (χ2n) is 3.97. The van der Waals surface area contributed by atoms with Gasteiger partial charge in [-0.25, -0.2) is 4.98 Å². The van der Waals surface area contributed by atoms with Gasteiger partial charge < -0.3 is 10.3 Å². The van der Waals surface area contributed by atoms with Crippen LogP contribution in [-0.2, 0) is 6.42 Å². The van der Waals surface area contributed by atoms with Crippen LogP contribution in [0.4, 0.5) is 0 Å². The monoisotopic (exact) mass is 231 g/mol. The van der Waals surface area contributed by atoms with Gasteiger partial charge in [0.15, 0.2) is 5.78 Å². The molecule has 0 saturated heterocycles. The van der Waals surface area contributed by atoms with Crippen LogP contribution in [0.5, 0.6) is 0 Å². The van der Waals surface area contributed by atoms with Gasteiger partial charge in [-0.3, -0.25) is 4.79 Å². The molecular formula is C13H17N3O. The summed E-state index contributed by atoms with van der Waals surface area (Å²) in [6.07, 6.45) is 0.870. The molecule has 4 nitrogen and oxygen atoms in total. The molecule has 2 aromatic rings. The predicted molar refractivity (Wildman–Crippen MR) is 68.3 cm³/mol. The van der Waals surface area contributed by atoms with E-state index in [0.717, 1.165) is 35.4 Å². The van der Waals surface area contributed by atoms with Gasteiger partial charge in [0.05, 0.1) is 17.6 Å². The first-order valence-electron chi connectivity index (χ1n) is 5.97. The number of aryl methyl sites for hydroxylation is 1. The van der Waals surface area contributed by atoms with Gasteiger partial charge >= 0.3 is 0 Å². The molecular weight excluding hydrogens is 214 g/mol. The van der Waals surface area contributed by atoms with Crippen LogP contribution in [0.25, 0.3) is 11.0 Å². The van der Waals surface area contributed by atoms with E-state index in [9.17, 15) is 4.79 Å². The van der Waals surface area contributed by atoms with Gasteiger partial charge in [0.1, 0.15) is 5.82 Å². The Bertz CT molecular complexity index is 530. The first-order chi connectivity index (χ1) is 8.24. The molecule has 1 aromatic carbocycles. The van der Waals surface area contributed by atoms with E-state index >= 15 is 0 Å². The summed E-state index contributed by atoms with van der Waals surface area (Å²) in [6.45, 7) is 5.22. The Morgan fingerprint density at radius 1 is 1.41 bits per heavy atom. The van der Waals surface area contributed by atoms with Crippen LogP contribution in [0, 0.1) is 0 Å². The van der Waals surface area contributed by atoms with Crippen LogP contribution in [0.1, 0.15) is 30.0 Å². The number of aromatic amines is 1. The Morgan fingerprint density at radius 3 is 2.94 bits per heavy atom.